The van der Waals surface area contributed by atoms with E-state index in [1.54, 1.807) is 44.1 Å². The summed E-state index contributed by atoms with van der Waals surface area (Å²) >= 11 is 0. The largest absolute Gasteiger partial charge is 0.0654 e. The number of unbranched alkanes of at least 4 members (excludes halogenated alkanes) is 2. The molecule has 4 atom stereocenters. The third-order valence-electron chi connectivity index (χ3n) is 8.70. The average Bonchev–Trinajstić information content (AvgIpc) is 2.74. The molecular formula is C27H42. The Hall–Kier alpha value is -0.780. The fraction of sp³-hybridized carbons (Fsp3) is 0.778. The van der Waals surface area contributed by atoms with E-state index in [2.05, 4.69) is 37.3 Å². The average molecular weight is 367 g/mol. The van der Waals surface area contributed by atoms with Crippen LogP contribution in [0.4, 0.5) is 0 Å². The zero-order chi connectivity index (χ0) is 18.5. The van der Waals surface area contributed by atoms with Crippen molar-refractivity contribution in [1.29, 1.82) is 0 Å². The lowest BCUT2D eigenvalue weighted by atomic mass is 9.60. The molecule has 0 aliphatic heterocycles. The van der Waals surface area contributed by atoms with E-state index in [-0.39, 0.29) is 0 Å². The highest BCUT2D eigenvalue weighted by atomic mass is 14.4. The van der Waals surface area contributed by atoms with E-state index >= 15 is 0 Å². The molecular weight excluding hydrogens is 324 g/mol. The van der Waals surface area contributed by atoms with Crippen molar-refractivity contribution in [3.63, 3.8) is 0 Å². The molecule has 0 spiro atoms. The maximum Gasteiger partial charge on any atom is -0.0159 e. The van der Waals surface area contributed by atoms with Crippen LogP contribution in [0.3, 0.4) is 0 Å². The number of hydrogen-bond donors (Lipinski definition) is 0. The number of rotatable bonds is 6. The van der Waals surface area contributed by atoms with Gasteiger partial charge in [-0.2, -0.15) is 0 Å². The van der Waals surface area contributed by atoms with Crippen LogP contribution in [0.2, 0.25) is 0 Å². The molecule has 4 unspecified atom stereocenters. The van der Waals surface area contributed by atoms with Crippen LogP contribution in [0.15, 0.2) is 30.3 Å². The molecule has 1 aromatic rings. The first-order valence-electron chi connectivity index (χ1n) is 12.4. The molecule has 27 heavy (non-hydrogen) atoms. The molecule has 150 valence electrons. The standard InChI is InChI=1S/C27H42/c1-2-3-5-8-21-11-13-23(14-12-21)25-16-18-26-19-24(15-17-27(26)20-25)22-9-6-4-7-10-22/h4,6-7,9-10,21,23-27H,2-3,5,8,11-20H2,1H3. The van der Waals surface area contributed by atoms with E-state index in [9.17, 15) is 0 Å². The molecule has 0 nitrogen and oxygen atoms in total. The normalized spacial score (nSPS) is 36.9. The fourth-order valence-corrected chi connectivity index (χ4v) is 7.01. The van der Waals surface area contributed by atoms with Gasteiger partial charge < -0.3 is 0 Å². The first kappa shape index (κ1) is 19.5. The third-order valence-corrected chi connectivity index (χ3v) is 8.70. The summed E-state index contributed by atoms with van der Waals surface area (Å²) < 4.78 is 0. The molecule has 0 radical (unpaired) electrons. The van der Waals surface area contributed by atoms with E-state index in [1.165, 1.54) is 51.4 Å². The van der Waals surface area contributed by atoms with Gasteiger partial charge in [0.15, 0.2) is 0 Å². The molecule has 0 aromatic heterocycles. The third kappa shape index (κ3) is 4.99. The van der Waals surface area contributed by atoms with Gasteiger partial charge in [0, 0.05) is 0 Å². The predicted octanol–water partition coefficient (Wildman–Crippen LogP) is 8.37. The Morgan fingerprint density at radius 3 is 2.04 bits per heavy atom. The summed E-state index contributed by atoms with van der Waals surface area (Å²) in [6.07, 6.45) is 21.2. The maximum atomic E-state index is 2.37. The van der Waals surface area contributed by atoms with E-state index in [0.717, 1.165) is 35.5 Å². The lowest BCUT2D eigenvalue weighted by molar-refractivity contribution is 0.0710. The number of benzene rings is 1. The second-order valence-corrected chi connectivity index (χ2v) is 10.3. The maximum absolute atomic E-state index is 2.37. The molecule has 3 aliphatic rings. The minimum Gasteiger partial charge on any atom is -0.0654 e. The van der Waals surface area contributed by atoms with Crippen molar-refractivity contribution in [2.45, 2.75) is 103 Å². The van der Waals surface area contributed by atoms with Crippen molar-refractivity contribution in [3.8, 4) is 0 Å². The van der Waals surface area contributed by atoms with Gasteiger partial charge in [-0.1, -0.05) is 75.8 Å². The van der Waals surface area contributed by atoms with Crippen LogP contribution in [0.25, 0.3) is 0 Å². The van der Waals surface area contributed by atoms with E-state index in [0.29, 0.717) is 0 Å². The molecule has 0 saturated heterocycles. The van der Waals surface area contributed by atoms with Gasteiger partial charge in [-0.3, -0.25) is 0 Å². The Bertz CT molecular complexity index is 538. The minimum absolute atomic E-state index is 0.850. The predicted molar refractivity (Wildman–Crippen MR) is 117 cm³/mol. The monoisotopic (exact) mass is 366 g/mol. The SMILES string of the molecule is CCCCCC1CCC(C2CCC3CC(c4ccccc4)CCC3C2)CC1. The van der Waals surface area contributed by atoms with Crippen molar-refractivity contribution in [2.75, 3.05) is 0 Å². The summed E-state index contributed by atoms with van der Waals surface area (Å²) in [7, 11) is 0. The zero-order valence-corrected chi connectivity index (χ0v) is 17.8. The second-order valence-electron chi connectivity index (χ2n) is 10.3. The smallest absolute Gasteiger partial charge is 0.0159 e. The van der Waals surface area contributed by atoms with Crippen molar-refractivity contribution < 1.29 is 0 Å². The first-order chi connectivity index (χ1) is 13.3. The molecule has 3 fully saturated rings. The van der Waals surface area contributed by atoms with Crippen LogP contribution in [-0.4, -0.2) is 0 Å². The summed E-state index contributed by atoms with van der Waals surface area (Å²) in [5, 5.41) is 0. The summed E-state index contributed by atoms with van der Waals surface area (Å²) in [6, 6.07) is 11.4. The van der Waals surface area contributed by atoms with Crippen LogP contribution < -0.4 is 0 Å². The Morgan fingerprint density at radius 1 is 0.667 bits per heavy atom. The van der Waals surface area contributed by atoms with Gasteiger partial charge in [0.05, 0.1) is 0 Å². The van der Waals surface area contributed by atoms with Gasteiger partial charge in [-0.25, -0.2) is 0 Å². The highest BCUT2D eigenvalue weighted by Crippen LogP contribution is 2.51. The Balaban J connectivity index is 1.23. The molecule has 0 amide bonds. The van der Waals surface area contributed by atoms with Gasteiger partial charge >= 0.3 is 0 Å². The summed E-state index contributed by atoms with van der Waals surface area (Å²) in [5.41, 5.74) is 1.61. The molecule has 0 heterocycles. The lowest BCUT2D eigenvalue weighted by Gasteiger charge is -2.45. The van der Waals surface area contributed by atoms with Crippen molar-refractivity contribution in [1.82, 2.24) is 0 Å². The number of hydrogen-bond acceptors (Lipinski definition) is 0. The van der Waals surface area contributed by atoms with E-state index in [1.807, 2.05) is 0 Å². The molecule has 4 rings (SSSR count). The van der Waals surface area contributed by atoms with Crippen molar-refractivity contribution in [3.05, 3.63) is 35.9 Å². The molecule has 0 heteroatoms. The van der Waals surface area contributed by atoms with Gasteiger partial charge in [0.2, 0.25) is 0 Å². The Labute approximate surface area is 168 Å². The molecule has 0 N–H and O–H groups in total. The zero-order valence-electron chi connectivity index (χ0n) is 17.8. The molecule has 1 aromatic carbocycles. The lowest BCUT2D eigenvalue weighted by Crippen LogP contribution is -2.34. The fourth-order valence-electron chi connectivity index (χ4n) is 7.01. The van der Waals surface area contributed by atoms with Gasteiger partial charge in [0.25, 0.3) is 0 Å². The molecule has 3 saturated carbocycles. The van der Waals surface area contributed by atoms with Gasteiger partial charge in [-0.05, 0) is 92.4 Å². The van der Waals surface area contributed by atoms with E-state index in [4.69, 9.17) is 0 Å². The van der Waals surface area contributed by atoms with Gasteiger partial charge in [0.1, 0.15) is 0 Å². The minimum atomic E-state index is 0.850. The highest BCUT2D eigenvalue weighted by molar-refractivity contribution is 5.20. The summed E-state index contributed by atoms with van der Waals surface area (Å²) in [5.74, 6) is 6.18. The Morgan fingerprint density at radius 2 is 1.30 bits per heavy atom. The molecule has 0 bridgehead atoms. The number of fused-ring (bicyclic) bond motifs is 1. The second kappa shape index (κ2) is 9.62. The van der Waals surface area contributed by atoms with E-state index < -0.39 is 0 Å². The Kier molecular flexibility index (Phi) is 6.96. The van der Waals surface area contributed by atoms with Gasteiger partial charge in [-0.15, -0.1) is 0 Å². The van der Waals surface area contributed by atoms with Crippen LogP contribution in [-0.2, 0) is 0 Å². The van der Waals surface area contributed by atoms with Crippen LogP contribution in [0, 0.1) is 29.6 Å². The van der Waals surface area contributed by atoms with Crippen LogP contribution in [0.1, 0.15) is 108 Å². The first-order valence-corrected chi connectivity index (χ1v) is 12.4. The summed E-state index contributed by atoms with van der Waals surface area (Å²) in [4.78, 5) is 0. The molecule has 3 aliphatic carbocycles. The quantitative estimate of drug-likeness (QED) is 0.443. The van der Waals surface area contributed by atoms with Crippen molar-refractivity contribution >= 4 is 0 Å². The van der Waals surface area contributed by atoms with Crippen molar-refractivity contribution in [2.24, 2.45) is 29.6 Å². The highest BCUT2D eigenvalue weighted by Gasteiger charge is 2.38. The topological polar surface area (TPSA) is 0 Å². The summed E-state index contributed by atoms with van der Waals surface area (Å²) in [6.45, 7) is 2.33. The van der Waals surface area contributed by atoms with Crippen LogP contribution >= 0.6 is 0 Å². The van der Waals surface area contributed by atoms with Crippen LogP contribution in [0.5, 0.6) is 0 Å².